The zero-order chi connectivity index (χ0) is 21.3. The molecular weight excluding hydrogens is 432 g/mol. The molecule has 0 aliphatic carbocycles. The molecule has 1 saturated heterocycles. The normalized spacial score (nSPS) is 17.7. The van der Waals surface area contributed by atoms with E-state index in [0.29, 0.717) is 23.3 Å². The first kappa shape index (κ1) is 20.0. The van der Waals surface area contributed by atoms with Crippen molar-refractivity contribution in [2.24, 2.45) is 0 Å². The van der Waals surface area contributed by atoms with E-state index in [0.717, 1.165) is 22.5 Å². The summed E-state index contributed by atoms with van der Waals surface area (Å²) >= 11 is 1.43. The van der Waals surface area contributed by atoms with Crippen LogP contribution < -0.4 is 0 Å². The van der Waals surface area contributed by atoms with Crippen LogP contribution in [0.5, 0.6) is 0 Å². The Morgan fingerprint density at radius 1 is 1.03 bits per heavy atom. The highest BCUT2D eigenvalue weighted by Gasteiger charge is 2.32. The Morgan fingerprint density at radius 3 is 2.48 bits per heavy atom. The van der Waals surface area contributed by atoms with Crippen molar-refractivity contribution < 1.29 is 12.8 Å². The second kappa shape index (κ2) is 8.32. The molecule has 4 aromatic rings. The lowest BCUT2D eigenvalue weighted by Gasteiger charge is -2.01. The molecule has 0 N–H and O–H groups in total. The fraction of sp³-hybridized carbons (Fsp3) is 0.227. The summed E-state index contributed by atoms with van der Waals surface area (Å²) in [5.74, 6) is 1.07. The predicted octanol–water partition coefficient (Wildman–Crippen LogP) is 4.12. The molecular formula is C22H20N4O3S2. The largest absolute Gasteiger partial charge is 0.416 e. The molecule has 1 aliphatic heterocycles. The maximum atomic E-state index is 11.7. The van der Waals surface area contributed by atoms with Crippen LogP contribution in [0.2, 0.25) is 0 Å². The molecule has 31 heavy (non-hydrogen) atoms. The SMILES string of the molecule is O=S1(=O)CCC(c2nnc(SCc3cn(-c4ccccc4)nc3-c3ccccc3)o2)C1. The van der Waals surface area contributed by atoms with Crippen molar-refractivity contribution >= 4 is 21.6 Å². The topological polar surface area (TPSA) is 90.9 Å². The average Bonchev–Trinajstić information content (AvgIpc) is 3.51. The van der Waals surface area contributed by atoms with Crippen LogP contribution in [-0.2, 0) is 15.6 Å². The lowest BCUT2D eigenvalue weighted by atomic mass is 10.1. The molecule has 2 aromatic heterocycles. The minimum atomic E-state index is -3.00. The van der Waals surface area contributed by atoms with Crippen LogP contribution in [-0.4, -0.2) is 39.9 Å². The number of hydrogen-bond acceptors (Lipinski definition) is 7. The Balaban J connectivity index is 1.38. The predicted molar refractivity (Wildman–Crippen MR) is 119 cm³/mol. The van der Waals surface area contributed by atoms with Gasteiger partial charge >= 0.3 is 0 Å². The maximum Gasteiger partial charge on any atom is 0.276 e. The Morgan fingerprint density at radius 2 is 1.77 bits per heavy atom. The minimum absolute atomic E-state index is 0.0846. The Hall–Kier alpha value is -2.91. The van der Waals surface area contributed by atoms with Gasteiger partial charge in [-0.3, -0.25) is 0 Å². The lowest BCUT2D eigenvalue weighted by Crippen LogP contribution is -2.03. The molecule has 1 atom stereocenters. The summed E-state index contributed by atoms with van der Waals surface area (Å²) in [5, 5.41) is 13.5. The number of rotatable bonds is 6. The van der Waals surface area contributed by atoms with Crippen LogP contribution in [0.15, 0.2) is 76.5 Å². The van der Waals surface area contributed by atoms with Gasteiger partial charge in [0.15, 0.2) is 9.84 Å². The number of thioether (sulfide) groups is 1. The average molecular weight is 453 g/mol. The summed E-state index contributed by atoms with van der Waals surface area (Å²) in [4.78, 5) is 0. The molecule has 9 heteroatoms. The monoisotopic (exact) mass is 452 g/mol. The van der Waals surface area contributed by atoms with E-state index in [9.17, 15) is 8.42 Å². The van der Waals surface area contributed by atoms with Gasteiger partial charge in [-0.05, 0) is 18.6 Å². The molecule has 0 radical (unpaired) electrons. The highest BCUT2D eigenvalue weighted by molar-refractivity contribution is 7.98. The standard InChI is InChI=1S/C22H20N4O3S2/c27-31(28)12-11-17(15-31)21-23-24-22(29-21)30-14-18-13-26(19-9-5-2-6-10-19)25-20(18)16-7-3-1-4-8-16/h1-10,13,17H,11-12,14-15H2. The van der Waals surface area contributed by atoms with Gasteiger partial charge in [0, 0.05) is 23.1 Å². The first-order valence-electron chi connectivity index (χ1n) is 9.93. The van der Waals surface area contributed by atoms with Gasteiger partial charge in [0.1, 0.15) is 0 Å². The molecule has 7 nitrogen and oxygen atoms in total. The summed E-state index contributed by atoms with van der Waals surface area (Å²) in [7, 11) is -3.00. The quantitative estimate of drug-likeness (QED) is 0.407. The zero-order valence-electron chi connectivity index (χ0n) is 16.6. The van der Waals surface area contributed by atoms with E-state index in [1.54, 1.807) is 0 Å². The number of sulfone groups is 1. The number of nitrogens with zero attached hydrogens (tertiary/aromatic N) is 4. The highest BCUT2D eigenvalue weighted by Crippen LogP contribution is 2.32. The van der Waals surface area contributed by atoms with E-state index in [-0.39, 0.29) is 17.4 Å². The molecule has 3 heterocycles. The molecule has 2 aromatic carbocycles. The second-order valence-electron chi connectivity index (χ2n) is 7.44. The van der Waals surface area contributed by atoms with Gasteiger partial charge in [-0.2, -0.15) is 5.10 Å². The van der Waals surface area contributed by atoms with Gasteiger partial charge in [0.2, 0.25) is 5.89 Å². The molecule has 5 rings (SSSR count). The summed E-state index contributed by atoms with van der Waals surface area (Å²) in [6.07, 6.45) is 2.56. The minimum Gasteiger partial charge on any atom is -0.416 e. The van der Waals surface area contributed by atoms with Crippen molar-refractivity contribution in [1.29, 1.82) is 0 Å². The molecule has 0 amide bonds. The smallest absolute Gasteiger partial charge is 0.276 e. The van der Waals surface area contributed by atoms with Crippen LogP contribution in [0.1, 0.15) is 23.8 Å². The Labute approximate surface area is 184 Å². The molecule has 1 unspecified atom stereocenters. The Bertz CT molecular complexity index is 1280. The fourth-order valence-electron chi connectivity index (χ4n) is 3.64. The number of aromatic nitrogens is 4. The molecule has 0 bridgehead atoms. The van der Waals surface area contributed by atoms with Gasteiger partial charge < -0.3 is 4.42 Å². The third-order valence-electron chi connectivity index (χ3n) is 5.21. The third kappa shape index (κ3) is 4.42. The lowest BCUT2D eigenvalue weighted by molar-refractivity contribution is 0.393. The van der Waals surface area contributed by atoms with Crippen molar-refractivity contribution in [1.82, 2.24) is 20.0 Å². The summed E-state index contributed by atoms with van der Waals surface area (Å²) < 4.78 is 31.1. The fourth-order valence-corrected chi connectivity index (χ4v) is 6.11. The summed E-state index contributed by atoms with van der Waals surface area (Å²) in [6.45, 7) is 0. The van der Waals surface area contributed by atoms with Crippen molar-refractivity contribution in [2.75, 3.05) is 11.5 Å². The van der Waals surface area contributed by atoms with Gasteiger partial charge in [0.05, 0.1) is 28.8 Å². The first-order valence-corrected chi connectivity index (χ1v) is 12.7. The zero-order valence-corrected chi connectivity index (χ0v) is 18.2. The van der Waals surface area contributed by atoms with Crippen molar-refractivity contribution in [3.63, 3.8) is 0 Å². The van der Waals surface area contributed by atoms with Crippen LogP contribution >= 0.6 is 11.8 Å². The van der Waals surface area contributed by atoms with Gasteiger partial charge in [-0.25, -0.2) is 13.1 Å². The van der Waals surface area contributed by atoms with Crippen molar-refractivity contribution in [3.8, 4) is 16.9 Å². The summed E-state index contributed by atoms with van der Waals surface area (Å²) in [5.41, 5.74) is 3.97. The first-order chi connectivity index (χ1) is 15.1. The van der Waals surface area contributed by atoms with E-state index in [4.69, 9.17) is 9.52 Å². The molecule has 0 spiro atoms. The van der Waals surface area contributed by atoms with Gasteiger partial charge in [-0.15, -0.1) is 10.2 Å². The molecule has 158 valence electrons. The van der Waals surface area contributed by atoms with Gasteiger partial charge in [-0.1, -0.05) is 60.3 Å². The van der Waals surface area contributed by atoms with E-state index in [2.05, 4.69) is 10.2 Å². The van der Waals surface area contributed by atoms with Crippen LogP contribution in [0.3, 0.4) is 0 Å². The van der Waals surface area contributed by atoms with Crippen LogP contribution in [0.25, 0.3) is 16.9 Å². The summed E-state index contributed by atoms with van der Waals surface area (Å²) in [6, 6.07) is 20.0. The molecule has 0 saturated carbocycles. The van der Waals surface area contributed by atoms with E-state index < -0.39 is 9.84 Å². The van der Waals surface area contributed by atoms with Gasteiger partial charge in [0.25, 0.3) is 5.22 Å². The van der Waals surface area contributed by atoms with Crippen LogP contribution in [0, 0.1) is 0 Å². The highest BCUT2D eigenvalue weighted by atomic mass is 32.2. The Kier molecular flexibility index (Phi) is 5.37. The van der Waals surface area contributed by atoms with Crippen molar-refractivity contribution in [2.45, 2.75) is 23.3 Å². The number of benzene rings is 2. The molecule has 1 aliphatic rings. The van der Waals surface area contributed by atoms with Crippen LogP contribution in [0.4, 0.5) is 0 Å². The second-order valence-corrected chi connectivity index (χ2v) is 10.6. The van der Waals surface area contributed by atoms with E-state index in [1.165, 1.54) is 11.8 Å². The van der Waals surface area contributed by atoms with Crippen molar-refractivity contribution in [3.05, 3.63) is 78.3 Å². The maximum absolute atomic E-state index is 11.7. The number of hydrogen-bond donors (Lipinski definition) is 0. The number of para-hydroxylation sites is 1. The third-order valence-corrected chi connectivity index (χ3v) is 7.85. The molecule has 1 fully saturated rings. The van der Waals surface area contributed by atoms with E-state index >= 15 is 0 Å². The van der Waals surface area contributed by atoms with E-state index in [1.807, 2.05) is 71.5 Å².